The first-order valence-corrected chi connectivity index (χ1v) is 20.4. The Bertz CT molecular complexity index is 3430. The maximum absolute atomic E-state index is 8.61. The lowest BCUT2D eigenvalue weighted by atomic mass is 9.74. The monoisotopic (exact) mass is 794 g/mol. The summed E-state index contributed by atoms with van der Waals surface area (Å²) in [6.45, 7) is 17.7. The summed E-state index contributed by atoms with van der Waals surface area (Å²) in [5.74, 6) is 1.40. The summed E-state index contributed by atoms with van der Waals surface area (Å²) in [5, 5.41) is 1.79. The van der Waals surface area contributed by atoms with Crippen LogP contribution in [0.2, 0.25) is 0 Å². The van der Waals surface area contributed by atoms with Crippen molar-refractivity contribution in [2.75, 3.05) is 0 Å². The fourth-order valence-corrected chi connectivity index (χ4v) is 8.10. The molecule has 0 aliphatic rings. The van der Waals surface area contributed by atoms with Gasteiger partial charge in [-0.25, -0.2) is 4.98 Å². The molecule has 9 rings (SSSR count). The average Bonchev–Trinajstić information content (AvgIpc) is 3.82. The highest BCUT2D eigenvalue weighted by atomic mass is 16.5. The van der Waals surface area contributed by atoms with Crippen LogP contribution in [0.15, 0.2) is 146 Å². The highest BCUT2D eigenvalue weighted by Crippen LogP contribution is 2.40. The molecular weight excluding hydrogens is 733 g/mol. The van der Waals surface area contributed by atoms with Gasteiger partial charge in [-0.05, 0) is 93.4 Å². The van der Waals surface area contributed by atoms with E-state index in [1.165, 1.54) is 29.0 Å². The molecule has 0 fully saturated rings. The third-order valence-corrected chi connectivity index (χ3v) is 11.2. The zero-order valence-electron chi connectivity index (χ0n) is 43.7. The lowest BCUT2D eigenvalue weighted by Gasteiger charge is -2.34. The van der Waals surface area contributed by atoms with Crippen LogP contribution in [0.1, 0.15) is 95.5 Å². The minimum atomic E-state index is -2.73. The molecule has 5 nitrogen and oxygen atoms in total. The molecule has 0 aliphatic heterocycles. The van der Waals surface area contributed by atoms with Crippen LogP contribution in [-0.2, 0) is 16.2 Å². The molecule has 0 atom stereocenters. The van der Waals surface area contributed by atoms with E-state index in [-0.39, 0.29) is 38.8 Å². The summed E-state index contributed by atoms with van der Waals surface area (Å²) in [5.41, 5.74) is 8.38. The van der Waals surface area contributed by atoms with Gasteiger partial charge < -0.3 is 4.74 Å². The van der Waals surface area contributed by atoms with Crippen molar-refractivity contribution in [3.8, 4) is 39.8 Å². The van der Waals surface area contributed by atoms with Gasteiger partial charge in [-0.1, -0.05) is 153 Å². The second kappa shape index (κ2) is 14.4. The number of imidazole rings is 1. The van der Waals surface area contributed by atoms with Crippen LogP contribution >= 0.6 is 0 Å². The zero-order valence-corrected chi connectivity index (χ0v) is 35.7. The third-order valence-electron chi connectivity index (χ3n) is 11.2. The molecule has 0 saturated carbocycles. The molecule has 0 saturated heterocycles. The highest BCUT2D eigenvalue weighted by molar-refractivity contribution is 6.09. The molecule has 3 heterocycles. The van der Waals surface area contributed by atoms with E-state index >= 15 is 0 Å². The number of pyridine rings is 1. The first-order valence-electron chi connectivity index (χ1n) is 24.4. The van der Waals surface area contributed by atoms with Gasteiger partial charge in [-0.15, -0.1) is 0 Å². The molecule has 0 bridgehead atoms. The van der Waals surface area contributed by atoms with Crippen molar-refractivity contribution < 1.29 is 20.3 Å². The maximum atomic E-state index is 8.61. The molecule has 0 N–H and O–H groups in total. The Labute approximate surface area is 365 Å². The Morgan fingerprint density at radius 2 is 1.32 bits per heavy atom. The molecule has 300 valence electrons. The van der Waals surface area contributed by atoms with Gasteiger partial charge in [0.25, 0.3) is 6.33 Å². The van der Waals surface area contributed by atoms with Gasteiger partial charge >= 0.3 is 0 Å². The van der Waals surface area contributed by atoms with Gasteiger partial charge in [0, 0.05) is 32.7 Å². The second-order valence-electron chi connectivity index (χ2n) is 18.6. The molecule has 5 heteroatoms. The van der Waals surface area contributed by atoms with Crippen LogP contribution in [0.25, 0.3) is 61.2 Å². The minimum absolute atomic E-state index is 0.0472. The summed E-state index contributed by atoms with van der Waals surface area (Å²) in [4.78, 5) is 4.72. The average molecular weight is 795 g/mol. The second-order valence-corrected chi connectivity index (χ2v) is 18.6. The van der Waals surface area contributed by atoms with Crippen LogP contribution in [-0.4, -0.2) is 14.1 Å². The topological polar surface area (TPSA) is 35.9 Å². The first-order chi connectivity index (χ1) is 31.8. The summed E-state index contributed by atoms with van der Waals surface area (Å²) in [7, 11) is 0. The number of rotatable bonds is 6. The number of nitrogens with zero attached hydrogens (tertiary/aromatic N) is 4. The van der Waals surface area contributed by atoms with Crippen LogP contribution in [0.4, 0.5) is 0 Å². The maximum Gasteiger partial charge on any atom is 0.269 e. The molecule has 3 aromatic heterocycles. The fraction of sp³-hybridized carbons (Fsp3) is 0.236. The van der Waals surface area contributed by atoms with Crippen molar-refractivity contribution in [3.05, 3.63) is 174 Å². The van der Waals surface area contributed by atoms with Gasteiger partial charge in [0.1, 0.15) is 17.3 Å². The van der Waals surface area contributed by atoms with Gasteiger partial charge in [0.15, 0.2) is 0 Å². The number of aromatic nitrogens is 4. The Balaban J connectivity index is 1.16. The first kappa shape index (κ1) is 30.6. The van der Waals surface area contributed by atoms with Crippen molar-refractivity contribution in [1.29, 1.82) is 0 Å². The Hall–Kier alpha value is -6.46. The van der Waals surface area contributed by atoms with Crippen LogP contribution in [0.3, 0.4) is 0 Å². The van der Waals surface area contributed by atoms with Gasteiger partial charge in [-0.3, -0.25) is 13.7 Å². The van der Waals surface area contributed by atoms with E-state index in [9.17, 15) is 0 Å². The molecule has 0 spiro atoms. The summed E-state index contributed by atoms with van der Waals surface area (Å²) in [6.07, 6.45) is 5.07. The third kappa shape index (κ3) is 6.96. The van der Waals surface area contributed by atoms with E-state index in [1.54, 1.807) is 0 Å². The van der Waals surface area contributed by atoms with Crippen molar-refractivity contribution in [3.63, 3.8) is 0 Å². The van der Waals surface area contributed by atoms with Crippen molar-refractivity contribution in [2.45, 2.75) is 85.4 Å². The zero-order chi connectivity index (χ0) is 49.0. The number of hydrogen-bond acceptors (Lipinski definition) is 2. The van der Waals surface area contributed by atoms with Crippen molar-refractivity contribution in [1.82, 2.24) is 14.1 Å². The van der Waals surface area contributed by atoms with E-state index in [2.05, 4.69) is 108 Å². The van der Waals surface area contributed by atoms with E-state index in [0.717, 1.165) is 38.7 Å². The lowest BCUT2D eigenvalue weighted by Crippen LogP contribution is -2.38. The van der Waals surface area contributed by atoms with Crippen LogP contribution in [0, 0.1) is 13.2 Å². The molecule has 0 aliphatic carbocycles. The number of fused-ring (bicyclic) bond motifs is 4. The number of aryl methyl sites for hydroxylation is 1. The lowest BCUT2D eigenvalue weighted by molar-refractivity contribution is -0.574. The standard InChI is InChI=1S/C55H54N4O/c1-36-29-51(56-34-44(36)37-19-12-11-13-20-37)59-47-24-15-14-23-42(47)43-28-27-41(33-50(43)59)60-40-22-18-21-39(32-40)57-35-58(49-26-17-16-25-48(49)57)52-45(54(5,6)7)30-38(53(2,3)4)31-46(52)55(8,9)10/h11-34H,1-10H3/i1D3,11D,12D,13D,19D,20D. The van der Waals surface area contributed by atoms with Gasteiger partial charge in [0.2, 0.25) is 0 Å². The smallest absolute Gasteiger partial charge is 0.269 e. The van der Waals surface area contributed by atoms with E-state index < -0.39 is 37.1 Å². The normalized spacial score (nSPS) is 14.6. The quantitative estimate of drug-likeness (QED) is 0.124. The highest BCUT2D eigenvalue weighted by Gasteiger charge is 2.31. The molecule has 9 aromatic rings. The summed E-state index contributed by atoms with van der Waals surface area (Å²) < 4.78 is 80.3. The molecule has 0 unspecified atom stereocenters. The Kier molecular flexibility index (Phi) is 7.32. The molecule has 60 heavy (non-hydrogen) atoms. The predicted molar refractivity (Wildman–Crippen MR) is 249 cm³/mol. The Morgan fingerprint density at radius 3 is 2.02 bits per heavy atom. The largest absolute Gasteiger partial charge is 0.458 e. The van der Waals surface area contributed by atoms with E-state index in [1.807, 2.05) is 77.4 Å². The van der Waals surface area contributed by atoms with Gasteiger partial charge in [0.05, 0.1) is 40.3 Å². The predicted octanol–water partition coefficient (Wildman–Crippen LogP) is 13.9. The van der Waals surface area contributed by atoms with E-state index in [0.29, 0.717) is 17.0 Å². The SMILES string of the molecule is [2H]c1c([2H])c([2H])c(-c2cnc(-n3c4ccccc4c4ccc(Oc5cccc(-n6[c-][n+](-c7c(C(C)(C)C)cc(C(C)(C)C)cc7C(C)(C)C)c7ccccc76)c5)cc43)cc2C([2H])([2H])[2H])c([2H])c1[2H]. The number of hydrogen-bond donors (Lipinski definition) is 0. The van der Waals surface area contributed by atoms with Crippen LogP contribution in [0.5, 0.6) is 11.5 Å². The van der Waals surface area contributed by atoms with E-state index in [4.69, 9.17) is 20.7 Å². The fourth-order valence-electron chi connectivity index (χ4n) is 8.10. The molecule has 0 radical (unpaired) electrons. The number of ether oxygens (including phenoxy) is 1. The summed E-state index contributed by atoms with van der Waals surface area (Å²) >= 11 is 0. The van der Waals surface area contributed by atoms with Crippen LogP contribution < -0.4 is 9.30 Å². The number of benzene rings is 6. The molecule has 0 amide bonds. The molecular formula is C55H54N4O. The number of para-hydroxylation sites is 3. The summed E-state index contributed by atoms with van der Waals surface area (Å²) in [6, 6.07) is 33.3. The van der Waals surface area contributed by atoms with Crippen molar-refractivity contribution in [2.24, 2.45) is 0 Å². The Morgan fingerprint density at radius 1 is 0.650 bits per heavy atom. The van der Waals surface area contributed by atoms with Gasteiger partial charge in [-0.2, -0.15) is 0 Å². The molecule has 6 aromatic carbocycles. The minimum Gasteiger partial charge on any atom is -0.458 e. The van der Waals surface area contributed by atoms with Crippen molar-refractivity contribution >= 4 is 32.8 Å².